The van der Waals surface area contributed by atoms with E-state index in [9.17, 15) is 4.79 Å². The third-order valence-corrected chi connectivity index (χ3v) is 2.14. The van der Waals surface area contributed by atoms with E-state index >= 15 is 0 Å². The van der Waals surface area contributed by atoms with Crippen molar-refractivity contribution >= 4 is 27.7 Å². The number of rotatable bonds is 2. The van der Waals surface area contributed by atoms with Gasteiger partial charge in [0.1, 0.15) is 11.4 Å². The summed E-state index contributed by atoms with van der Waals surface area (Å²) in [7, 11) is 2.74. The molecule has 6 heteroatoms. The highest BCUT2D eigenvalue weighted by Crippen LogP contribution is 2.26. The van der Waals surface area contributed by atoms with Crippen LogP contribution in [0.15, 0.2) is 10.5 Å². The molecule has 2 N–H and O–H groups in total. The van der Waals surface area contributed by atoms with Crippen LogP contribution in [0.25, 0.3) is 0 Å². The van der Waals surface area contributed by atoms with Gasteiger partial charge in [0.2, 0.25) is 5.88 Å². The summed E-state index contributed by atoms with van der Waals surface area (Å²) in [6.07, 6.45) is 0. The van der Waals surface area contributed by atoms with Crippen LogP contribution < -0.4 is 10.5 Å². The first-order valence-electron chi connectivity index (χ1n) is 3.68. The lowest BCUT2D eigenvalue weighted by Gasteiger charge is -2.06. The Balaban J connectivity index is 3.21. The van der Waals surface area contributed by atoms with Crippen LogP contribution in [0.4, 0.5) is 5.82 Å². The van der Waals surface area contributed by atoms with Crippen molar-refractivity contribution in [1.29, 1.82) is 0 Å². The topological polar surface area (TPSA) is 74.4 Å². The predicted octanol–water partition coefficient (Wildman–Crippen LogP) is 1.22. The van der Waals surface area contributed by atoms with Crippen LogP contribution in [0.5, 0.6) is 5.88 Å². The molecule has 0 fully saturated rings. The second kappa shape index (κ2) is 4.28. The number of carbonyl (C=O) groups excluding carboxylic acids is 1. The number of methoxy groups -OCH3 is 2. The van der Waals surface area contributed by atoms with E-state index in [0.717, 1.165) is 0 Å². The van der Waals surface area contributed by atoms with Crippen molar-refractivity contribution < 1.29 is 14.3 Å². The lowest BCUT2D eigenvalue weighted by molar-refractivity contribution is 0.0601. The third-order valence-electron chi connectivity index (χ3n) is 1.57. The lowest BCUT2D eigenvalue weighted by atomic mass is 10.2. The Morgan fingerprint density at radius 1 is 1.57 bits per heavy atom. The van der Waals surface area contributed by atoms with E-state index < -0.39 is 5.97 Å². The van der Waals surface area contributed by atoms with Crippen LogP contribution in [0.3, 0.4) is 0 Å². The van der Waals surface area contributed by atoms with Crippen LogP contribution in [0, 0.1) is 0 Å². The molecule has 1 aromatic rings. The van der Waals surface area contributed by atoms with Gasteiger partial charge in [0.25, 0.3) is 0 Å². The number of nitrogens with two attached hydrogens (primary N) is 1. The maximum Gasteiger partial charge on any atom is 0.341 e. The highest BCUT2D eigenvalue weighted by Gasteiger charge is 2.14. The molecule has 0 saturated heterocycles. The van der Waals surface area contributed by atoms with Gasteiger partial charge in [0, 0.05) is 0 Å². The summed E-state index contributed by atoms with van der Waals surface area (Å²) in [4.78, 5) is 15.1. The number of nitrogen functional groups attached to an aromatic ring is 1. The average Bonchev–Trinajstić information content (AvgIpc) is 2.19. The second-order valence-electron chi connectivity index (χ2n) is 2.40. The summed E-state index contributed by atoms with van der Waals surface area (Å²) in [5.41, 5.74) is 5.74. The van der Waals surface area contributed by atoms with Crippen LogP contribution in [0.2, 0.25) is 0 Å². The maximum absolute atomic E-state index is 11.2. The Bertz CT molecular complexity index is 368. The molecule has 0 aromatic carbocycles. The number of carbonyl (C=O) groups is 1. The number of esters is 1. The highest BCUT2D eigenvalue weighted by atomic mass is 79.9. The quantitative estimate of drug-likeness (QED) is 0.810. The summed E-state index contributed by atoms with van der Waals surface area (Å²) in [6, 6.07) is 1.51. The number of pyridine rings is 1. The molecule has 0 unspecified atom stereocenters. The zero-order valence-electron chi connectivity index (χ0n) is 7.70. The molecule has 0 bridgehead atoms. The zero-order valence-corrected chi connectivity index (χ0v) is 9.29. The van der Waals surface area contributed by atoms with Gasteiger partial charge in [0.15, 0.2) is 0 Å². The van der Waals surface area contributed by atoms with Crippen molar-refractivity contribution in [2.24, 2.45) is 0 Å². The summed E-state index contributed by atoms with van der Waals surface area (Å²) >= 11 is 3.19. The largest absolute Gasteiger partial charge is 0.480 e. The van der Waals surface area contributed by atoms with Crippen LogP contribution >= 0.6 is 15.9 Å². The Kier molecular flexibility index (Phi) is 3.29. The van der Waals surface area contributed by atoms with Crippen molar-refractivity contribution in [2.45, 2.75) is 0 Å². The molecule has 0 aliphatic carbocycles. The van der Waals surface area contributed by atoms with Crippen molar-refractivity contribution in [3.63, 3.8) is 0 Å². The lowest BCUT2D eigenvalue weighted by Crippen LogP contribution is -2.08. The predicted molar refractivity (Wildman–Crippen MR) is 54.2 cm³/mol. The number of halogens is 1. The third kappa shape index (κ3) is 1.95. The molecule has 0 aliphatic rings. The number of hydrogen-bond donors (Lipinski definition) is 1. The summed E-state index contributed by atoms with van der Waals surface area (Å²) in [5, 5.41) is 0. The van der Waals surface area contributed by atoms with Gasteiger partial charge < -0.3 is 15.2 Å². The van der Waals surface area contributed by atoms with Gasteiger partial charge >= 0.3 is 5.97 Å². The minimum atomic E-state index is -0.529. The average molecular weight is 261 g/mol. The Morgan fingerprint density at radius 3 is 2.71 bits per heavy atom. The molecule has 1 aromatic heterocycles. The first-order chi connectivity index (χ1) is 6.60. The Morgan fingerprint density at radius 2 is 2.21 bits per heavy atom. The van der Waals surface area contributed by atoms with Crippen LogP contribution in [-0.4, -0.2) is 25.2 Å². The van der Waals surface area contributed by atoms with Gasteiger partial charge in [-0.2, -0.15) is 4.98 Å². The monoisotopic (exact) mass is 260 g/mol. The highest BCUT2D eigenvalue weighted by molar-refractivity contribution is 9.10. The first-order valence-corrected chi connectivity index (χ1v) is 4.47. The van der Waals surface area contributed by atoms with Gasteiger partial charge in [-0.1, -0.05) is 0 Å². The van der Waals surface area contributed by atoms with E-state index in [1.807, 2.05) is 0 Å². The van der Waals surface area contributed by atoms with E-state index in [2.05, 4.69) is 25.7 Å². The molecule has 76 valence electrons. The molecule has 0 saturated carbocycles. The van der Waals surface area contributed by atoms with E-state index in [0.29, 0.717) is 10.4 Å². The fourth-order valence-corrected chi connectivity index (χ4v) is 1.38. The van der Waals surface area contributed by atoms with Gasteiger partial charge in [-0.05, 0) is 22.0 Å². The first kappa shape index (κ1) is 10.8. The number of hydrogen-bond acceptors (Lipinski definition) is 5. The van der Waals surface area contributed by atoms with E-state index in [1.54, 1.807) is 0 Å². The van der Waals surface area contributed by atoms with E-state index in [1.165, 1.54) is 20.3 Å². The van der Waals surface area contributed by atoms with Crippen LogP contribution in [-0.2, 0) is 4.74 Å². The summed E-state index contributed by atoms with van der Waals surface area (Å²) < 4.78 is 9.98. The van der Waals surface area contributed by atoms with Crippen molar-refractivity contribution in [2.75, 3.05) is 20.0 Å². The van der Waals surface area contributed by atoms with Gasteiger partial charge in [0.05, 0.1) is 18.7 Å². The minimum absolute atomic E-state index is 0.0805. The molecule has 1 rings (SSSR count). The van der Waals surface area contributed by atoms with E-state index in [4.69, 9.17) is 10.5 Å². The maximum atomic E-state index is 11.2. The molecular formula is C8H9BrN2O3. The minimum Gasteiger partial charge on any atom is -0.480 e. The van der Waals surface area contributed by atoms with Gasteiger partial charge in [-0.25, -0.2) is 4.79 Å². The number of anilines is 1. The number of nitrogens with zero attached hydrogens (tertiary/aromatic N) is 1. The summed E-state index contributed by atoms with van der Waals surface area (Å²) in [6.45, 7) is 0. The Labute approximate surface area is 89.3 Å². The second-order valence-corrected chi connectivity index (χ2v) is 3.26. The molecule has 0 radical (unpaired) electrons. The van der Waals surface area contributed by atoms with Crippen LogP contribution in [0.1, 0.15) is 10.4 Å². The molecule has 1 heterocycles. The van der Waals surface area contributed by atoms with E-state index in [-0.39, 0.29) is 11.4 Å². The molecule has 0 spiro atoms. The van der Waals surface area contributed by atoms with Gasteiger partial charge in [-0.3, -0.25) is 0 Å². The van der Waals surface area contributed by atoms with Gasteiger partial charge in [-0.15, -0.1) is 0 Å². The molecule has 0 aliphatic heterocycles. The van der Waals surface area contributed by atoms with Crippen molar-refractivity contribution in [3.05, 3.63) is 16.1 Å². The summed E-state index contributed by atoms with van der Waals surface area (Å²) in [5.74, 6) is -0.120. The standard InChI is InChI=1S/C8H9BrN2O3/c1-13-7-5(9)3-4(6(10)11-7)8(12)14-2/h3H,1-2H3,(H2,10,11). The molecule has 5 nitrogen and oxygen atoms in total. The van der Waals surface area contributed by atoms with Crippen molar-refractivity contribution in [1.82, 2.24) is 4.98 Å². The molecular weight excluding hydrogens is 252 g/mol. The molecule has 14 heavy (non-hydrogen) atoms. The molecule has 0 atom stereocenters. The number of aromatic nitrogens is 1. The SMILES string of the molecule is COC(=O)c1cc(Br)c(OC)nc1N. The Hall–Kier alpha value is -1.30. The fourth-order valence-electron chi connectivity index (χ4n) is 0.902. The fraction of sp³-hybridized carbons (Fsp3) is 0.250. The molecule has 0 amide bonds. The zero-order chi connectivity index (χ0) is 10.7. The smallest absolute Gasteiger partial charge is 0.341 e. The normalized spacial score (nSPS) is 9.64. The number of ether oxygens (including phenoxy) is 2. The van der Waals surface area contributed by atoms with Crippen molar-refractivity contribution in [3.8, 4) is 5.88 Å².